The summed E-state index contributed by atoms with van der Waals surface area (Å²) in [4.78, 5) is 0. The van der Waals surface area contributed by atoms with Crippen molar-refractivity contribution in [1.29, 1.82) is 0 Å². The van der Waals surface area contributed by atoms with Gasteiger partial charge in [-0.25, -0.2) is 0 Å². The van der Waals surface area contributed by atoms with E-state index in [1.807, 2.05) is 13.8 Å². The maximum absolute atomic E-state index is 5.33. The normalized spacial score (nSPS) is 9.39. The summed E-state index contributed by atoms with van der Waals surface area (Å²) in [6.07, 6.45) is 0. The minimum absolute atomic E-state index is 0.943. The maximum atomic E-state index is 5.33. The predicted molar refractivity (Wildman–Crippen MR) is 79.3 cm³/mol. The zero-order valence-electron chi connectivity index (χ0n) is 11.9. The Hall–Kier alpha value is -1.76. The summed E-state index contributed by atoms with van der Waals surface area (Å²) in [6, 6.07) is 14.8. The molecule has 0 amide bonds. The van der Waals surface area contributed by atoms with E-state index in [1.165, 1.54) is 22.3 Å². The molecule has 2 rings (SSSR count). The highest BCUT2D eigenvalue weighted by Crippen LogP contribution is 2.26. The van der Waals surface area contributed by atoms with Crippen molar-refractivity contribution in [3.63, 3.8) is 0 Å². The highest BCUT2D eigenvalue weighted by atomic mass is 16.5. The third kappa shape index (κ3) is 3.36. The molecule has 0 saturated carbocycles. The fourth-order valence-electron chi connectivity index (χ4n) is 1.75. The number of methoxy groups -OCH3 is 1. The molecule has 18 heavy (non-hydrogen) atoms. The van der Waals surface area contributed by atoms with Gasteiger partial charge in [-0.15, -0.1) is 0 Å². The van der Waals surface area contributed by atoms with E-state index >= 15 is 0 Å². The topological polar surface area (TPSA) is 9.23 Å². The second-order valence-corrected chi connectivity index (χ2v) is 4.05. The fourth-order valence-corrected chi connectivity index (χ4v) is 1.75. The van der Waals surface area contributed by atoms with E-state index in [1.54, 1.807) is 7.11 Å². The molecule has 0 aromatic heterocycles. The first kappa shape index (κ1) is 14.3. The third-order valence-electron chi connectivity index (χ3n) is 2.79. The lowest BCUT2D eigenvalue weighted by Gasteiger charge is -2.08. The van der Waals surface area contributed by atoms with Crippen molar-refractivity contribution in [3.05, 3.63) is 53.6 Å². The van der Waals surface area contributed by atoms with Gasteiger partial charge in [0.05, 0.1) is 7.11 Å². The van der Waals surface area contributed by atoms with E-state index in [9.17, 15) is 0 Å². The van der Waals surface area contributed by atoms with Crippen LogP contribution in [0, 0.1) is 13.8 Å². The Kier molecular flexibility index (Phi) is 5.44. The summed E-state index contributed by atoms with van der Waals surface area (Å²) in [5.41, 5.74) is 4.87. The Bertz CT molecular complexity index is 483. The van der Waals surface area contributed by atoms with Crippen LogP contribution in [0.1, 0.15) is 25.0 Å². The van der Waals surface area contributed by atoms with Crippen molar-refractivity contribution >= 4 is 0 Å². The Balaban J connectivity index is 0.000000771. The van der Waals surface area contributed by atoms with Crippen LogP contribution in [0.25, 0.3) is 11.1 Å². The van der Waals surface area contributed by atoms with E-state index in [2.05, 4.69) is 56.3 Å². The monoisotopic (exact) mass is 242 g/mol. The number of aryl methyl sites for hydroxylation is 2. The van der Waals surface area contributed by atoms with Crippen LogP contribution in [0.3, 0.4) is 0 Å². The molecule has 0 unspecified atom stereocenters. The molecule has 0 aliphatic heterocycles. The summed E-state index contributed by atoms with van der Waals surface area (Å²) in [7, 11) is 1.71. The van der Waals surface area contributed by atoms with Gasteiger partial charge in [-0.2, -0.15) is 0 Å². The first-order valence-corrected chi connectivity index (χ1v) is 6.42. The fraction of sp³-hybridized carbons (Fsp3) is 0.294. The molecule has 0 bridgehead atoms. The molecule has 96 valence electrons. The van der Waals surface area contributed by atoms with Gasteiger partial charge in [0.1, 0.15) is 5.75 Å². The third-order valence-corrected chi connectivity index (χ3v) is 2.79. The number of ether oxygens (including phenoxy) is 1. The molecule has 0 atom stereocenters. The first-order valence-electron chi connectivity index (χ1n) is 6.42. The van der Waals surface area contributed by atoms with Crippen molar-refractivity contribution in [2.24, 2.45) is 0 Å². The SMILES string of the molecule is CC.COc1cc(-c2ccc(C)cc2)ccc1C. The molecule has 1 nitrogen and oxygen atoms in total. The first-order chi connectivity index (χ1) is 8.70. The quantitative estimate of drug-likeness (QED) is 0.719. The van der Waals surface area contributed by atoms with Crippen LogP contribution in [0.15, 0.2) is 42.5 Å². The summed E-state index contributed by atoms with van der Waals surface area (Å²) in [5.74, 6) is 0.943. The van der Waals surface area contributed by atoms with Crippen LogP contribution in [0.5, 0.6) is 5.75 Å². The summed E-state index contributed by atoms with van der Waals surface area (Å²) in [6.45, 7) is 8.15. The van der Waals surface area contributed by atoms with Crippen LogP contribution in [0.4, 0.5) is 0 Å². The lowest BCUT2D eigenvalue weighted by molar-refractivity contribution is 0.412. The molecule has 0 saturated heterocycles. The van der Waals surface area contributed by atoms with Gasteiger partial charge in [-0.3, -0.25) is 0 Å². The zero-order chi connectivity index (χ0) is 13.5. The Labute approximate surface area is 110 Å². The number of benzene rings is 2. The largest absolute Gasteiger partial charge is 0.496 e. The van der Waals surface area contributed by atoms with Gasteiger partial charge < -0.3 is 4.74 Å². The van der Waals surface area contributed by atoms with Crippen molar-refractivity contribution in [2.45, 2.75) is 27.7 Å². The van der Waals surface area contributed by atoms with Gasteiger partial charge in [0.25, 0.3) is 0 Å². The van der Waals surface area contributed by atoms with Gasteiger partial charge >= 0.3 is 0 Å². The lowest BCUT2D eigenvalue weighted by Crippen LogP contribution is -1.88. The van der Waals surface area contributed by atoms with Crippen LogP contribution in [-0.2, 0) is 0 Å². The number of hydrogen-bond donors (Lipinski definition) is 0. The molecule has 1 heteroatoms. The maximum Gasteiger partial charge on any atom is 0.122 e. The van der Waals surface area contributed by atoms with Crippen molar-refractivity contribution in [3.8, 4) is 16.9 Å². The van der Waals surface area contributed by atoms with Gasteiger partial charge in [-0.1, -0.05) is 55.8 Å². The molecule has 0 spiro atoms. The summed E-state index contributed by atoms with van der Waals surface area (Å²) < 4.78 is 5.33. The van der Waals surface area contributed by atoms with E-state index in [0.717, 1.165) is 5.75 Å². The van der Waals surface area contributed by atoms with E-state index < -0.39 is 0 Å². The van der Waals surface area contributed by atoms with Crippen molar-refractivity contribution in [1.82, 2.24) is 0 Å². The van der Waals surface area contributed by atoms with Crippen LogP contribution >= 0.6 is 0 Å². The Morgan fingerprint density at radius 1 is 0.778 bits per heavy atom. The molecule has 0 heterocycles. The minimum Gasteiger partial charge on any atom is -0.496 e. The van der Waals surface area contributed by atoms with E-state index in [0.29, 0.717) is 0 Å². The number of rotatable bonds is 2. The Morgan fingerprint density at radius 3 is 1.89 bits per heavy atom. The summed E-state index contributed by atoms with van der Waals surface area (Å²) in [5, 5.41) is 0. The standard InChI is InChI=1S/C15H16O.C2H6/c1-11-4-7-13(8-5-11)14-9-6-12(2)15(10-14)16-3;1-2/h4-10H,1-3H3;1-2H3. The minimum atomic E-state index is 0.943. The number of hydrogen-bond acceptors (Lipinski definition) is 1. The van der Waals surface area contributed by atoms with Crippen molar-refractivity contribution < 1.29 is 4.74 Å². The molecule has 0 aliphatic carbocycles. The molecule has 2 aromatic carbocycles. The second-order valence-electron chi connectivity index (χ2n) is 4.05. The molecular weight excluding hydrogens is 220 g/mol. The van der Waals surface area contributed by atoms with Crippen LogP contribution < -0.4 is 4.74 Å². The van der Waals surface area contributed by atoms with Gasteiger partial charge in [0, 0.05) is 0 Å². The molecule has 0 fully saturated rings. The molecular formula is C17H22O. The average Bonchev–Trinajstić information content (AvgIpc) is 2.43. The predicted octanol–water partition coefficient (Wildman–Crippen LogP) is 5.01. The molecule has 0 aliphatic rings. The van der Waals surface area contributed by atoms with Gasteiger partial charge in [0.2, 0.25) is 0 Å². The van der Waals surface area contributed by atoms with Crippen LogP contribution in [-0.4, -0.2) is 7.11 Å². The van der Waals surface area contributed by atoms with Crippen LogP contribution in [0.2, 0.25) is 0 Å². The average molecular weight is 242 g/mol. The van der Waals surface area contributed by atoms with Gasteiger partial charge in [-0.05, 0) is 36.6 Å². The van der Waals surface area contributed by atoms with E-state index in [-0.39, 0.29) is 0 Å². The second kappa shape index (κ2) is 6.85. The lowest BCUT2D eigenvalue weighted by atomic mass is 10.0. The van der Waals surface area contributed by atoms with Gasteiger partial charge in [0.15, 0.2) is 0 Å². The molecule has 0 radical (unpaired) electrons. The van der Waals surface area contributed by atoms with E-state index in [4.69, 9.17) is 4.74 Å². The highest BCUT2D eigenvalue weighted by molar-refractivity contribution is 5.66. The zero-order valence-corrected chi connectivity index (χ0v) is 11.9. The Morgan fingerprint density at radius 2 is 1.33 bits per heavy atom. The molecule has 2 aromatic rings. The van der Waals surface area contributed by atoms with Crippen molar-refractivity contribution in [2.75, 3.05) is 7.11 Å². The smallest absolute Gasteiger partial charge is 0.122 e. The highest BCUT2D eigenvalue weighted by Gasteiger charge is 2.02. The molecule has 0 N–H and O–H groups in total. The summed E-state index contributed by atoms with van der Waals surface area (Å²) >= 11 is 0.